The molecule has 0 saturated carbocycles. The molecule has 0 aliphatic carbocycles. The molecule has 0 saturated heterocycles. The monoisotopic (exact) mass is 376 g/mol. The summed E-state index contributed by atoms with van der Waals surface area (Å²) in [5.41, 5.74) is 5.03. The molecule has 0 bridgehead atoms. The highest BCUT2D eigenvalue weighted by Crippen LogP contribution is 2.27. The number of aliphatic imine (C=N–C) groups is 1. The van der Waals surface area contributed by atoms with Gasteiger partial charge < -0.3 is 4.90 Å². The van der Waals surface area contributed by atoms with Crippen LogP contribution in [-0.2, 0) is 6.42 Å². The van der Waals surface area contributed by atoms with Crippen LogP contribution in [-0.4, -0.2) is 24.8 Å². The highest BCUT2D eigenvalue weighted by molar-refractivity contribution is 9.10. The molecule has 0 heterocycles. The number of hydrogen-bond donors (Lipinski definition) is 0. The highest BCUT2D eigenvalue weighted by atomic mass is 79.9. The molecule has 2 rings (SSSR count). The van der Waals surface area contributed by atoms with Gasteiger partial charge in [0.15, 0.2) is 0 Å². The number of nitrogens with zero attached hydrogens (tertiary/aromatic N) is 2. The zero-order chi connectivity index (χ0) is 17.0. The zero-order valence-electron chi connectivity index (χ0n) is 14.0. The number of halogens is 2. The predicted octanol–water partition coefficient (Wildman–Crippen LogP) is 5.41. The minimum absolute atomic E-state index is 0.245. The van der Waals surface area contributed by atoms with E-state index in [0.717, 1.165) is 22.1 Å². The van der Waals surface area contributed by atoms with Crippen LogP contribution in [0.2, 0.25) is 0 Å². The molecule has 0 fully saturated rings. The van der Waals surface area contributed by atoms with Gasteiger partial charge in [0.2, 0.25) is 0 Å². The summed E-state index contributed by atoms with van der Waals surface area (Å²) in [6.07, 6.45) is 2.44. The van der Waals surface area contributed by atoms with E-state index < -0.39 is 0 Å². The topological polar surface area (TPSA) is 15.6 Å². The first-order valence-corrected chi connectivity index (χ1v) is 8.48. The molecule has 122 valence electrons. The van der Waals surface area contributed by atoms with Crippen LogP contribution in [0.1, 0.15) is 29.2 Å². The molecule has 0 atom stereocenters. The lowest BCUT2D eigenvalue weighted by Crippen LogP contribution is -2.14. The van der Waals surface area contributed by atoms with Crippen LogP contribution >= 0.6 is 15.9 Å². The van der Waals surface area contributed by atoms with Crippen molar-refractivity contribution in [1.29, 1.82) is 0 Å². The standard InChI is InChI=1S/C19H22BrFN2/c1-5-23(4)12-22-19-11-17(21)10-16(14(19)3)9-15-6-7-18(20)13(2)8-15/h6-8,10-12H,5,9H2,1-4H3/b22-12-. The second kappa shape index (κ2) is 7.73. The summed E-state index contributed by atoms with van der Waals surface area (Å²) in [5, 5.41) is 0. The Kier molecular flexibility index (Phi) is 5.94. The highest BCUT2D eigenvalue weighted by Gasteiger charge is 2.08. The Balaban J connectivity index is 2.33. The van der Waals surface area contributed by atoms with E-state index in [2.05, 4.69) is 40.0 Å². The van der Waals surface area contributed by atoms with Crippen LogP contribution in [0.5, 0.6) is 0 Å². The molecule has 23 heavy (non-hydrogen) atoms. The Morgan fingerprint density at radius 3 is 2.61 bits per heavy atom. The van der Waals surface area contributed by atoms with Crippen LogP contribution < -0.4 is 0 Å². The molecular weight excluding hydrogens is 355 g/mol. The largest absolute Gasteiger partial charge is 0.366 e. The van der Waals surface area contributed by atoms with Crippen molar-refractivity contribution in [3.05, 3.63) is 62.9 Å². The molecule has 0 N–H and O–H groups in total. The second-order valence-electron chi connectivity index (χ2n) is 5.79. The maximum atomic E-state index is 14.0. The fraction of sp³-hybridized carbons (Fsp3) is 0.316. The zero-order valence-corrected chi connectivity index (χ0v) is 15.6. The van der Waals surface area contributed by atoms with Crippen molar-refractivity contribution in [2.45, 2.75) is 27.2 Å². The Morgan fingerprint density at radius 2 is 1.96 bits per heavy atom. The van der Waals surface area contributed by atoms with E-state index in [1.165, 1.54) is 17.2 Å². The molecule has 0 aliphatic heterocycles. The summed E-state index contributed by atoms with van der Waals surface area (Å²) in [7, 11) is 1.95. The molecule has 4 heteroatoms. The van der Waals surface area contributed by atoms with E-state index in [1.54, 1.807) is 12.4 Å². The van der Waals surface area contributed by atoms with Crippen molar-refractivity contribution in [2.24, 2.45) is 4.99 Å². The van der Waals surface area contributed by atoms with Gasteiger partial charge in [0.05, 0.1) is 12.0 Å². The molecule has 0 unspecified atom stereocenters. The van der Waals surface area contributed by atoms with Crippen molar-refractivity contribution < 1.29 is 4.39 Å². The first-order chi connectivity index (χ1) is 10.9. The van der Waals surface area contributed by atoms with Crippen molar-refractivity contribution >= 4 is 28.0 Å². The van der Waals surface area contributed by atoms with Gasteiger partial charge in [-0.15, -0.1) is 0 Å². The quantitative estimate of drug-likeness (QED) is 0.503. The van der Waals surface area contributed by atoms with Crippen molar-refractivity contribution in [3.8, 4) is 0 Å². The minimum atomic E-state index is -0.245. The van der Waals surface area contributed by atoms with Crippen molar-refractivity contribution in [2.75, 3.05) is 13.6 Å². The van der Waals surface area contributed by atoms with Crippen LogP contribution in [0, 0.1) is 19.7 Å². The van der Waals surface area contributed by atoms with Gasteiger partial charge in [-0.05, 0) is 67.6 Å². The fourth-order valence-electron chi connectivity index (χ4n) is 2.32. The third-order valence-electron chi connectivity index (χ3n) is 3.96. The second-order valence-corrected chi connectivity index (χ2v) is 6.64. The normalized spacial score (nSPS) is 11.2. The van der Waals surface area contributed by atoms with Gasteiger partial charge in [0.1, 0.15) is 5.82 Å². The predicted molar refractivity (Wildman–Crippen MR) is 99.3 cm³/mol. The van der Waals surface area contributed by atoms with Crippen LogP contribution in [0.25, 0.3) is 0 Å². The van der Waals surface area contributed by atoms with E-state index in [1.807, 2.05) is 31.9 Å². The summed E-state index contributed by atoms with van der Waals surface area (Å²) in [6.45, 7) is 6.97. The smallest absolute Gasteiger partial charge is 0.125 e. The third-order valence-corrected chi connectivity index (χ3v) is 4.85. The van der Waals surface area contributed by atoms with E-state index in [-0.39, 0.29) is 5.82 Å². The molecule has 0 aliphatic rings. The van der Waals surface area contributed by atoms with Gasteiger partial charge in [-0.2, -0.15) is 0 Å². The summed E-state index contributed by atoms with van der Waals surface area (Å²) in [6, 6.07) is 9.33. The molecule has 2 aromatic carbocycles. The lowest BCUT2D eigenvalue weighted by atomic mass is 9.98. The molecule has 0 radical (unpaired) electrons. The van der Waals surface area contributed by atoms with Gasteiger partial charge in [0, 0.05) is 18.1 Å². The first-order valence-electron chi connectivity index (χ1n) is 7.69. The summed E-state index contributed by atoms with van der Waals surface area (Å²) in [5.74, 6) is -0.245. The Morgan fingerprint density at radius 1 is 1.22 bits per heavy atom. The maximum Gasteiger partial charge on any atom is 0.125 e. The summed E-state index contributed by atoms with van der Waals surface area (Å²) < 4.78 is 15.1. The van der Waals surface area contributed by atoms with Gasteiger partial charge in [-0.25, -0.2) is 9.38 Å². The van der Waals surface area contributed by atoms with E-state index in [9.17, 15) is 4.39 Å². The van der Waals surface area contributed by atoms with Crippen LogP contribution in [0.3, 0.4) is 0 Å². The Labute approximate surface area is 146 Å². The molecule has 0 spiro atoms. The van der Waals surface area contributed by atoms with Gasteiger partial charge >= 0.3 is 0 Å². The molecule has 0 amide bonds. The first kappa shape index (κ1) is 17.7. The van der Waals surface area contributed by atoms with Gasteiger partial charge in [-0.1, -0.05) is 28.1 Å². The van der Waals surface area contributed by atoms with Crippen LogP contribution in [0.4, 0.5) is 10.1 Å². The molecule has 2 nitrogen and oxygen atoms in total. The third kappa shape index (κ3) is 4.64. The summed E-state index contributed by atoms with van der Waals surface area (Å²) >= 11 is 3.51. The number of rotatable bonds is 5. The maximum absolute atomic E-state index is 14.0. The molecule has 2 aromatic rings. The van der Waals surface area contributed by atoms with Crippen molar-refractivity contribution in [3.63, 3.8) is 0 Å². The van der Waals surface area contributed by atoms with Gasteiger partial charge in [-0.3, -0.25) is 0 Å². The molecule has 0 aromatic heterocycles. The summed E-state index contributed by atoms with van der Waals surface area (Å²) in [4.78, 5) is 6.39. The number of benzene rings is 2. The van der Waals surface area contributed by atoms with E-state index >= 15 is 0 Å². The average molecular weight is 377 g/mol. The fourth-order valence-corrected chi connectivity index (χ4v) is 2.56. The van der Waals surface area contributed by atoms with E-state index in [4.69, 9.17) is 0 Å². The van der Waals surface area contributed by atoms with E-state index in [0.29, 0.717) is 12.1 Å². The molecular formula is C19H22BrFN2. The number of aryl methyl sites for hydroxylation is 1. The minimum Gasteiger partial charge on any atom is -0.366 e. The number of hydrogen-bond acceptors (Lipinski definition) is 1. The van der Waals surface area contributed by atoms with Crippen molar-refractivity contribution in [1.82, 2.24) is 4.90 Å². The Hall–Kier alpha value is -1.68. The Bertz CT molecular complexity index is 726. The lowest BCUT2D eigenvalue weighted by Gasteiger charge is -2.12. The SMILES string of the molecule is CCN(C)/C=N\c1cc(F)cc(Cc2ccc(Br)c(C)c2)c1C. The lowest BCUT2D eigenvalue weighted by molar-refractivity contribution is 0.552. The van der Waals surface area contributed by atoms with Crippen LogP contribution in [0.15, 0.2) is 39.8 Å². The van der Waals surface area contributed by atoms with Gasteiger partial charge in [0.25, 0.3) is 0 Å². The average Bonchev–Trinajstić information content (AvgIpc) is 2.52.